The Balaban J connectivity index is 2.07. The summed E-state index contributed by atoms with van der Waals surface area (Å²) in [5, 5.41) is 13.3. The molecule has 2 heterocycles. The molecule has 1 amide bonds. The summed E-state index contributed by atoms with van der Waals surface area (Å²) in [7, 11) is 0. The zero-order valence-corrected chi connectivity index (χ0v) is 11.8. The van der Waals surface area contributed by atoms with E-state index in [0.29, 0.717) is 17.7 Å². The van der Waals surface area contributed by atoms with Crippen LogP contribution < -0.4 is 5.32 Å². The summed E-state index contributed by atoms with van der Waals surface area (Å²) in [6, 6.07) is 5.34. The molecular formula is C15H14N2O2S. The first-order valence-corrected chi connectivity index (χ1v) is 7.00. The molecule has 2 aromatic rings. The minimum Gasteiger partial charge on any atom is -0.395 e. The summed E-state index contributed by atoms with van der Waals surface area (Å²) >= 11 is 1.41. The van der Waals surface area contributed by atoms with Gasteiger partial charge in [0.1, 0.15) is 0 Å². The van der Waals surface area contributed by atoms with Gasteiger partial charge in [-0.25, -0.2) is 0 Å². The summed E-state index contributed by atoms with van der Waals surface area (Å²) in [6.07, 6.45) is 2.12. The van der Waals surface area contributed by atoms with E-state index in [4.69, 9.17) is 5.11 Å². The third-order valence-corrected chi connectivity index (χ3v) is 3.41. The van der Waals surface area contributed by atoms with Gasteiger partial charge in [0.2, 0.25) is 0 Å². The molecule has 0 fully saturated rings. The number of aromatic nitrogens is 1. The van der Waals surface area contributed by atoms with Crippen molar-refractivity contribution >= 4 is 22.9 Å². The van der Waals surface area contributed by atoms with Crippen LogP contribution in [0.5, 0.6) is 0 Å². The van der Waals surface area contributed by atoms with Gasteiger partial charge < -0.3 is 10.4 Å². The van der Waals surface area contributed by atoms with Gasteiger partial charge in [0.05, 0.1) is 28.4 Å². The van der Waals surface area contributed by atoms with Gasteiger partial charge in [-0.15, -0.1) is 11.3 Å². The van der Waals surface area contributed by atoms with Crippen LogP contribution >= 0.6 is 11.3 Å². The van der Waals surface area contributed by atoms with E-state index in [2.05, 4.69) is 22.1 Å². The normalized spacial score (nSPS) is 9.70. The Morgan fingerprint density at radius 3 is 3.15 bits per heavy atom. The van der Waals surface area contributed by atoms with E-state index >= 15 is 0 Å². The molecule has 0 radical (unpaired) electrons. The molecule has 0 unspecified atom stereocenters. The van der Waals surface area contributed by atoms with Crippen LogP contribution in [0.25, 0.3) is 0 Å². The molecule has 0 aromatic carbocycles. The van der Waals surface area contributed by atoms with Crippen molar-refractivity contribution in [2.75, 3.05) is 11.9 Å². The van der Waals surface area contributed by atoms with Gasteiger partial charge in [-0.3, -0.25) is 9.78 Å². The number of pyridine rings is 1. The van der Waals surface area contributed by atoms with Gasteiger partial charge in [0, 0.05) is 18.0 Å². The number of aryl methyl sites for hydroxylation is 1. The van der Waals surface area contributed by atoms with Crippen molar-refractivity contribution in [1.29, 1.82) is 0 Å². The molecule has 2 rings (SSSR count). The molecule has 0 aliphatic rings. The van der Waals surface area contributed by atoms with Gasteiger partial charge >= 0.3 is 0 Å². The van der Waals surface area contributed by atoms with E-state index in [1.807, 2.05) is 13.0 Å². The summed E-state index contributed by atoms with van der Waals surface area (Å²) < 4.78 is 0. The maximum atomic E-state index is 12.1. The van der Waals surface area contributed by atoms with Crippen LogP contribution in [0.1, 0.15) is 27.3 Å². The average Bonchev–Trinajstić information content (AvgIpc) is 2.91. The number of nitrogens with one attached hydrogen (secondary N) is 1. The van der Waals surface area contributed by atoms with Crippen LogP contribution in [0.15, 0.2) is 29.8 Å². The zero-order chi connectivity index (χ0) is 14.4. The number of anilines is 1. The lowest BCUT2D eigenvalue weighted by atomic mass is 10.2. The Bertz CT molecular complexity index is 668. The SMILES string of the molecule is Cc1ncccc1NC(=O)c1csc(C#CCCO)c1. The summed E-state index contributed by atoms with van der Waals surface area (Å²) in [4.78, 5) is 17.0. The van der Waals surface area contributed by atoms with Crippen LogP contribution in [-0.2, 0) is 0 Å². The number of hydrogen-bond acceptors (Lipinski definition) is 4. The maximum absolute atomic E-state index is 12.1. The number of thiophene rings is 1. The Kier molecular flexibility index (Phi) is 4.88. The van der Waals surface area contributed by atoms with Crippen molar-refractivity contribution in [2.24, 2.45) is 0 Å². The van der Waals surface area contributed by atoms with Gasteiger partial charge in [0.25, 0.3) is 5.91 Å². The van der Waals surface area contributed by atoms with Crippen LogP contribution in [0.4, 0.5) is 5.69 Å². The molecule has 5 heteroatoms. The first kappa shape index (κ1) is 14.3. The predicted octanol–water partition coefficient (Wildman–Crippen LogP) is 2.44. The summed E-state index contributed by atoms with van der Waals surface area (Å²) in [5.41, 5.74) is 2.06. The second-order valence-electron chi connectivity index (χ2n) is 4.07. The minimum absolute atomic E-state index is 0.0476. The molecule has 0 atom stereocenters. The summed E-state index contributed by atoms with van der Waals surface area (Å²) in [5.74, 6) is 5.57. The molecule has 20 heavy (non-hydrogen) atoms. The first-order valence-electron chi connectivity index (χ1n) is 6.12. The van der Waals surface area contributed by atoms with E-state index in [1.54, 1.807) is 23.7 Å². The standard InChI is InChI=1S/C15H14N2O2S/c1-11-14(6-4-7-16-11)17-15(19)12-9-13(20-10-12)5-2-3-8-18/h4,6-7,9-10,18H,3,8H2,1H3,(H,17,19). The van der Waals surface area contributed by atoms with Crippen molar-refractivity contribution < 1.29 is 9.90 Å². The monoisotopic (exact) mass is 286 g/mol. The Hall–Kier alpha value is -2.16. The fourth-order valence-electron chi connectivity index (χ4n) is 1.54. The van der Waals surface area contributed by atoms with Crippen LogP contribution in [0.2, 0.25) is 0 Å². The van der Waals surface area contributed by atoms with E-state index in [-0.39, 0.29) is 12.5 Å². The highest BCUT2D eigenvalue weighted by atomic mass is 32.1. The number of carbonyl (C=O) groups is 1. The fraction of sp³-hybridized carbons (Fsp3) is 0.200. The Morgan fingerprint density at radius 2 is 2.40 bits per heavy atom. The molecule has 0 aliphatic heterocycles. The Labute approximate surface area is 121 Å². The van der Waals surface area contributed by atoms with Crippen molar-refractivity contribution in [3.05, 3.63) is 45.9 Å². The van der Waals surface area contributed by atoms with E-state index in [1.165, 1.54) is 11.3 Å². The first-order chi connectivity index (χ1) is 9.70. The lowest BCUT2D eigenvalue weighted by molar-refractivity contribution is 0.102. The Morgan fingerprint density at radius 1 is 1.55 bits per heavy atom. The third kappa shape index (κ3) is 3.67. The largest absolute Gasteiger partial charge is 0.395 e. The molecule has 2 aromatic heterocycles. The van der Waals surface area contributed by atoms with E-state index in [9.17, 15) is 4.79 Å². The number of rotatable bonds is 3. The van der Waals surface area contributed by atoms with Crippen molar-refractivity contribution in [3.63, 3.8) is 0 Å². The van der Waals surface area contributed by atoms with Gasteiger partial charge in [0.15, 0.2) is 0 Å². The molecule has 0 saturated carbocycles. The quantitative estimate of drug-likeness (QED) is 0.852. The minimum atomic E-state index is -0.174. The topological polar surface area (TPSA) is 62.2 Å². The molecule has 2 N–H and O–H groups in total. The predicted molar refractivity (Wildman–Crippen MR) is 79.8 cm³/mol. The van der Waals surface area contributed by atoms with Crippen LogP contribution in [0, 0.1) is 18.8 Å². The lowest BCUT2D eigenvalue weighted by Crippen LogP contribution is -2.12. The maximum Gasteiger partial charge on any atom is 0.256 e. The molecule has 102 valence electrons. The highest BCUT2D eigenvalue weighted by Crippen LogP contribution is 2.17. The zero-order valence-electron chi connectivity index (χ0n) is 11.0. The summed E-state index contributed by atoms with van der Waals surface area (Å²) in [6.45, 7) is 1.89. The van der Waals surface area contributed by atoms with E-state index < -0.39 is 0 Å². The molecule has 0 saturated heterocycles. The second kappa shape index (κ2) is 6.85. The van der Waals surface area contributed by atoms with Crippen molar-refractivity contribution in [3.8, 4) is 11.8 Å². The van der Waals surface area contributed by atoms with Gasteiger partial charge in [-0.2, -0.15) is 0 Å². The van der Waals surface area contributed by atoms with Crippen molar-refractivity contribution in [1.82, 2.24) is 4.98 Å². The highest BCUT2D eigenvalue weighted by Gasteiger charge is 2.09. The molecule has 0 aliphatic carbocycles. The number of aliphatic hydroxyl groups is 1. The van der Waals surface area contributed by atoms with E-state index in [0.717, 1.165) is 10.6 Å². The number of aliphatic hydroxyl groups excluding tert-OH is 1. The molecule has 0 spiro atoms. The van der Waals surface area contributed by atoms with Crippen molar-refractivity contribution in [2.45, 2.75) is 13.3 Å². The van der Waals surface area contributed by atoms with Gasteiger partial charge in [-0.05, 0) is 25.1 Å². The lowest BCUT2D eigenvalue weighted by Gasteiger charge is -2.05. The van der Waals surface area contributed by atoms with Crippen LogP contribution in [-0.4, -0.2) is 22.6 Å². The van der Waals surface area contributed by atoms with Crippen LogP contribution in [0.3, 0.4) is 0 Å². The third-order valence-electron chi connectivity index (χ3n) is 2.57. The molecule has 0 bridgehead atoms. The number of amides is 1. The van der Waals surface area contributed by atoms with Gasteiger partial charge in [-0.1, -0.05) is 11.8 Å². The number of nitrogens with zero attached hydrogens (tertiary/aromatic N) is 1. The smallest absolute Gasteiger partial charge is 0.256 e. The molecular weight excluding hydrogens is 272 g/mol. The second-order valence-corrected chi connectivity index (χ2v) is 4.98. The number of hydrogen-bond donors (Lipinski definition) is 2. The highest BCUT2D eigenvalue weighted by molar-refractivity contribution is 7.10. The number of carbonyl (C=O) groups excluding carboxylic acids is 1. The average molecular weight is 286 g/mol. The fourth-order valence-corrected chi connectivity index (χ4v) is 2.29. The molecule has 4 nitrogen and oxygen atoms in total.